The lowest BCUT2D eigenvalue weighted by molar-refractivity contribution is -0.615. The van der Waals surface area contributed by atoms with Crippen molar-refractivity contribution in [2.24, 2.45) is 5.92 Å². The second-order valence-corrected chi connectivity index (χ2v) is 3.77. The highest BCUT2D eigenvalue weighted by Crippen LogP contribution is 2.23. The van der Waals surface area contributed by atoms with Crippen LogP contribution in [-0.2, 0) is 22.4 Å². The lowest BCUT2D eigenvalue weighted by atomic mass is 9.87. The van der Waals surface area contributed by atoms with Gasteiger partial charge < -0.3 is 9.94 Å². The van der Waals surface area contributed by atoms with E-state index in [4.69, 9.17) is 4.74 Å². The zero-order chi connectivity index (χ0) is 10.8. The van der Waals surface area contributed by atoms with Gasteiger partial charge in [-0.3, -0.25) is 4.79 Å². The van der Waals surface area contributed by atoms with E-state index in [1.807, 2.05) is 6.07 Å². The molecule has 0 saturated heterocycles. The Labute approximate surface area is 88.1 Å². The molecule has 2 rings (SSSR count). The molecule has 4 heteroatoms. The zero-order valence-electron chi connectivity index (χ0n) is 8.60. The maximum atomic E-state index is 11.4. The van der Waals surface area contributed by atoms with Crippen LogP contribution in [0.15, 0.2) is 18.3 Å². The molecule has 0 aromatic carbocycles. The summed E-state index contributed by atoms with van der Waals surface area (Å²) in [5.74, 6) is -0.271. The Balaban J connectivity index is 2.24. The number of esters is 1. The highest BCUT2D eigenvalue weighted by Gasteiger charge is 2.28. The smallest absolute Gasteiger partial charge is 0.309 e. The van der Waals surface area contributed by atoms with Crippen molar-refractivity contribution in [2.75, 3.05) is 7.11 Å². The van der Waals surface area contributed by atoms with E-state index in [1.165, 1.54) is 13.3 Å². The molecule has 0 aliphatic heterocycles. The molecule has 1 unspecified atom stereocenters. The molecule has 0 amide bonds. The summed E-state index contributed by atoms with van der Waals surface area (Å²) in [7, 11) is 1.40. The second kappa shape index (κ2) is 3.88. The topological polar surface area (TPSA) is 53.2 Å². The number of hydrogen-bond donors (Lipinski definition) is 0. The standard InChI is InChI=1S/C11H13NO3/c1-15-11(13)9-4-5-10-8(7-9)3-2-6-12(10)14/h2-3,6,9H,4-5,7H2,1H3. The van der Waals surface area contributed by atoms with Crippen molar-refractivity contribution < 1.29 is 14.3 Å². The van der Waals surface area contributed by atoms with Crippen molar-refractivity contribution in [2.45, 2.75) is 19.3 Å². The van der Waals surface area contributed by atoms with Gasteiger partial charge in [-0.1, -0.05) is 0 Å². The van der Waals surface area contributed by atoms with E-state index < -0.39 is 0 Å². The normalized spacial score (nSPS) is 19.4. The fourth-order valence-corrected chi connectivity index (χ4v) is 2.07. The number of rotatable bonds is 1. The van der Waals surface area contributed by atoms with Crippen LogP contribution < -0.4 is 4.73 Å². The number of ether oxygens (including phenoxy) is 1. The van der Waals surface area contributed by atoms with E-state index in [0.717, 1.165) is 16.0 Å². The first-order valence-electron chi connectivity index (χ1n) is 5.00. The first-order valence-corrected chi connectivity index (χ1v) is 5.00. The first kappa shape index (κ1) is 9.96. The van der Waals surface area contributed by atoms with Gasteiger partial charge >= 0.3 is 5.97 Å². The monoisotopic (exact) mass is 207 g/mol. The van der Waals surface area contributed by atoms with E-state index in [9.17, 15) is 10.0 Å². The van der Waals surface area contributed by atoms with Crippen molar-refractivity contribution in [3.05, 3.63) is 34.8 Å². The molecular weight excluding hydrogens is 194 g/mol. The molecule has 1 aliphatic rings. The summed E-state index contributed by atoms with van der Waals surface area (Å²) in [4.78, 5) is 11.4. The Morgan fingerprint density at radius 3 is 3.20 bits per heavy atom. The largest absolute Gasteiger partial charge is 0.618 e. The molecule has 15 heavy (non-hydrogen) atoms. The van der Waals surface area contributed by atoms with Crippen LogP contribution in [0.5, 0.6) is 0 Å². The minimum Gasteiger partial charge on any atom is -0.618 e. The summed E-state index contributed by atoms with van der Waals surface area (Å²) >= 11 is 0. The molecule has 0 bridgehead atoms. The van der Waals surface area contributed by atoms with Crippen LogP contribution >= 0.6 is 0 Å². The van der Waals surface area contributed by atoms with Gasteiger partial charge in [0.05, 0.1) is 13.0 Å². The minimum absolute atomic E-state index is 0.0927. The van der Waals surface area contributed by atoms with Gasteiger partial charge in [0.2, 0.25) is 0 Å². The van der Waals surface area contributed by atoms with Gasteiger partial charge in [0.1, 0.15) is 0 Å². The Bertz CT molecular complexity index is 389. The Morgan fingerprint density at radius 1 is 1.67 bits per heavy atom. The van der Waals surface area contributed by atoms with Crippen LogP contribution in [-0.4, -0.2) is 13.1 Å². The number of fused-ring (bicyclic) bond motifs is 1. The third kappa shape index (κ3) is 1.79. The summed E-state index contributed by atoms with van der Waals surface area (Å²) < 4.78 is 5.60. The molecule has 1 aromatic heterocycles. The molecule has 1 atom stereocenters. The molecule has 1 aliphatic carbocycles. The number of pyridine rings is 1. The highest BCUT2D eigenvalue weighted by atomic mass is 16.5. The van der Waals surface area contributed by atoms with E-state index >= 15 is 0 Å². The van der Waals surface area contributed by atoms with Gasteiger partial charge in [0.15, 0.2) is 11.9 Å². The molecule has 80 valence electrons. The Kier molecular flexibility index (Phi) is 2.58. The van der Waals surface area contributed by atoms with E-state index in [1.54, 1.807) is 6.07 Å². The number of aromatic nitrogens is 1. The van der Waals surface area contributed by atoms with Gasteiger partial charge in [-0.2, -0.15) is 4.73 Å². The van der Waals surface area contributed by atoms with Crippen LogP contribution in [0.2, 0.25) is 0 Å². The van der Waals surface area contributed by atoms with Gasteiger partial charge in [-0.05, 0) is 18.9 Å². The van der Waals surface area contributed by atoms with Crippen molar-refractivity contribution in [3.8, 4) is 0 Å². The summed E-state index contributed by atoms with van der Waals surface area (Å²) in [6.07, 6.45) is 3.47. The van der Waals surface area contributed by atoms with Gasteiger partial charge in [0, 0.05) is 18.1 Å². The summed E-state index contributed by atoms with van der Waals surface area (Å²) in [6.45, 7) is 0. The van der Waals surface area contributed by atoms with Crippen LogP contribution in [0.1, 0.15) is 17.7 Å². The maximum Gasteiger partial charge on any atom is 0.309 e. The predicted octanol–water partition coefficient (Wildman–Crippen LogP) is 0.598. The highest BCUT2D eigenvalue weighted by molar-refractivity contribution is 5.73. The summed E-state index contributed by atoms with van der Waals surface area (Å²) in [6, 6.07) is 3.62. The van der Waals surface area contributed by atoms with Crippen LogP contribution in [0.3, 0.4) is 0 Å². The molecule has 1 aromatic rings. The lowest BCUT2D eigenvalue weighted by Crippen LogP contribution is -2.37. The molecule has 0 radical (unpaired) electrons. The third-order valence-corrected chi connectivity index (χ3v) is 2.89. The van der Waals surface area contributed by atoms with Crippen molar-refractivity contribution in [1.82, 2.24) is 0 Å². The number of methoxy groups -OCH3 is 1. The number of carbonyl (C=O) groups excluding carboxylic acids is 1. The molecular formula is C11H13NO3. The first-order chi connectivity index (χ1) is 7.22. The fraction of sp³-hybridized carbons (Fsp3) is 0.455. The molecule has 0 N–H and O–H groups in total. The molecule has 0 spiro atoms. The fourth-order valence-electron chi connectivity index (χ4n) is 2.07. The summed E-state index contributed by atoms with van der Waals surface area (Å²) in [5, 5.41) is 11.4. The average Bonchev–Trinajstić information content (AvgIpc) is 2.28. The molecule has 4 nitrogen and oxygen atoms in total. The van der Waals surface area contributed by atoms with Gasteiger partial charge in [-0.15, -0.1) is 0 Å². The zero-order valence-corrected chi connectivity index (χ0v) is 8.60. The Morgan fingerprint density at radius 2 is 2.47 bits per heavy atom. The maximum absolute atomic E-state index is 11.4. The number of nitrogens with zero attached hydrogens (tertiary/aromatic N) is 1. The predicted molar refractivity (Wildman–Crippen MR) is 52.9 cm³/mol. The number of carbonyl (C=O) groups is 1. The summed E-state index contributed by atoms with van der Waals surface area (Å²) in [5.41, 5.74) is 1.76. The SMILES string of the molecule is COC(=O)C1CCc2c(ccc[n+]2[O-])C1. The molecule has 0 saturated carbocycles. The van der Waals surface area contributed by atoms with Crippen LogP contribution in [0, 0.1) is 11.1 Å². The van der Waals surface area contributed by atoms with Gasteiger partial charge in [-0.25, -0.2) is 0 Å². The van der Waals surface area contributed by atoms with E-state index in [0.29, 0.717) is 19.3 Å². The average molecular weight is 207 g/mol. The Hall–Kier alpha value is -1.58. The molecule has 1 heterocycles. The van der Waals surface area contributed by atoms with E-state index in [2.05, 4.69) is 0 Å². The molecule has 0 fully saturated rings. The van der Waals surface area contributed by atoms with Crippen LogP contribution in [0.25, 0.3) is 0 Å². The van der Waals surface area contributed by atoms with Crippen molar-refractivity contribution >= 4 is 5.97 Å². The number of hydrogen-bond acceptors (Lipinski definition) is 3. The van der Waals surface area contributed by atoms with Gasteiger partial charge in [0.25, 0.3) is 0 Å². The lowest BCUT2D eigenvalue weighted by Gasteiger charge is -2.20. The third-order valence-electron chi connectivity index (χ3n) is 2.89. The minimum atomic E-state index is -0.179. The van der Waals surface area contributed by atoms with Crippen molar-refractivity contribution in [3.63, 3.8) is 0 Å². The second-order valence-electron chi connectivity index (χ2n) is 3.77. The van der Waals surface area contributed by atoms with Crippen molar-refractivity contribution in [1.29, 1.82) is 0 Å². The quantitative estimate of drug-likeness (QED) is 0.385. The van der Waals surface area contributed by atoms with E-state index in [-0.39, 0.29) is 11.9 Å². The van der Waals surface area contributed by atoms with Crippen LogP contribution in [0.4, 0.5) is 0 Å².